The van der Waals surface area contributed by atoms with E-state index in [1.165, 1.54) is 4.52 Å². The lowest BCUT2D eigenvalue weighted by Gasteiger charge is -2.09. The predicted octanol–water partition coefficient (Wildman–Crippen LogP) is 2.50. The standard InChI is InChI=1S/C18H21N3O3/c1-5-14-11(2)20-21-17(22)10-13(19-18(14)21)8-12-6-7-15(23-3)16(9-12)24-4/h6-7,9-10,20H,5,8H2,1-4H3. The Morgan fingerprint density at radius 3 is 2.58 bits per heavy atom. The lowest BCUT2D eigenvalue weighted by Crippen LogP contribution is -2.16. The molecule has 0 radical (unpaired) electrons. The van der Waals surface area contributed by atoms with Crippen LogP contribution in [0, 0.1) is 6.92 Å². The third-order valence-electron chi connectivity index (χ3n) is 4.16. The fraction of sp³-hybridized carbons (Fsp3) is 0.333. The summed E-state index contributed by atoms with van der Waals surface area (Å²) >= 11 is 0. The van der Waals surface area contributed by atoms with E-state index in [1.54, 1.807) is 20.3 Å². The number of benzene rings is 1. The highest BCUT2D eigenvalue weighted by molar-refractivity contribution is 5.51. The molecule has 0 amide bonds. The average molecular weight is 327 g/mol. The Hall–Kier alpha value is -2.76. The molecule has 2 aromatic heterocycles. The number of hydrogen-bond donors (Lipinski definition) is 1. The molecule has 0 bridgehead atoms. The van der Waals surface area contributed by atoms with E-state index in [2.05, 4.69) is 17.0 Å². The van der Waals surface area contributed by atoms with E-state index in [0.717, 1.165) is 28.9 Å². The molecule has 0 spiro atoms. The summed E-state index contributed by atoms with van der Waals surface area (Å²) in [5.74, 6) is 1.35. The Kier molecular flexibility index (Phi) is 4.29. The van der Waals surface area contributed by atoms with E-state index in [9.17, 15) is 4.79 Å². The lowest BCUT2D eigenvalue weighted by molar-refractivity contribution is 0.354. The highest BCUT2D eigenvalue weighted by Gasteiger charge is 2.12. The molecule has 3 aromatic rings. The van der Waals surface area contributed by atoms with Crippen molar-refractivity contribution in [2.45, 2.75) is 26.7 Å². The average Bonchev–Trinajstić information content (AvgIpc) is 2.90. The van der Waals surface area contributed by atoms with Crippen LogP contribution < -0.4 is 15.0 Å². The van der Waals surface area contributed by atoms with Gasteiger partial charge in [0.15, 0.2) is 17.1 Å². The number of aromatic nitrogens is 3. The van der Waals surface area contributed by atoms with Gasteiger partial charge in [-0.05, 0) is 31.0 Å². The van der Waals surface area contributed by atoms with Crippen molar-refractivity contribution < 1.29 is 9.47 Å². The summed E-state index contributed by atoms with van der Waals surface area (Å²) in [7, 11) is 3.21. The number of ether oxygens (including phenoxy) is 2. The Morgan fingerprint density at radius 1 is 1.17 bits per heavy atom. The van der Waals surface area contributed by atoms with Crippen molar-refractivity contribution in [3.8, 4) is 11.5 Å². The van der Waals surface area contributed by atoms with Gasteiger partial charge in [-0.2, -0.15) is 0 Å². The number of aryl methyl sites for hydroxylation is 2. The minimum atomic E-state index is -0.0988. The van der Waals surface area contributed by atoms with Crippen LogP contribution in [0.5, 0.6) is 11.5 Å². The van der Waals surface area contributed by atoms with E-state index in [-0.39, 0.29) is 5.56 Å². The van der Waals surface area contributed by atoms with Crippen molar-refractivity contribution in [1.29, 1.82) is 0 Å². The highest BCUT2D eigenvalue weighted by Crippen LogP contribution is 2.28. The van der Waals surface area contributed by atoms with E-state index < -0.39 is 0 Å². The molecule has 0 aliphatic carbocycles. The van der Waals surface area contributed by atoms with E-state index in [4.69, 9.17) is 9.47 Å². The SMILES string of the molecule is CCc1c(C)[nH]n2c(=O)cc(Cc3ccc(OC)c(OC)c3)nc12. The molecule has 6 nitrogen and oxygen atoms in total. The molecule has 2 heterocycles. The van der Waals surface area contributed by atoms with Crippen LogP contribution >= 0.6 is 0 Å². The van der Waals surface area contributed by atoms with Gasteiger partial charge in [0.05, 0.1) is 19.9 Å². The van der Waals surface area contributed by atoms with Crippen molar-refractivity contribution in [2.75, 3.05) is 14.2 Å². The zero-order valence-corrected chi connectivity index (χ0v) is 14.3. The molecule has 6 heteroatoms. The van der Waals surface area contributed by atoms with E-state index in [0.29, 0.717) is 23.6 Å². The van der Waals surface area contributed by atoms with Gasteiger partial charge in [-0.3, -0.25) is 9.89 Å². The molecular weight excluding hydrogens is 306 g/mol. The first-order valence-electron chi connectivity index (χ1n) is 7.88. The third kappa shape index (κ3) is 2.75. The van der Waals surface area contributed by atoms with Gasteiger partial charge in [-0.15, -0.1) is 0 Å². The van der Waals surface area contributed by atoms with Crippen molar-refractivity contribution in [2.24, 2.45) is 0 Å². The maximum atomic E-state index is 12.3. The number of nitrogens with one attached hydrogen (secondary N) is 1. The van der Waals surface area contributed by atoms with Crippen LogP contribution in [0.4, 0.5) is 0 Å². The topological polar surface area (TPSA) is 68.6 Å². The Bertz CT molecular complexity index is 941. The van der Waals surface area contributed by atoms with Gasteiger partial charge < -0.3 is 9.47 Å². The van der Waals surface area contributed by atoms with Gasteiger partial charge in [0.2, 0.25) is 0 Å². The molecule has 3 rings (SSSR count). The van der Waals surface area contributed by atoms with Crippen molar-refractivity contribution >= 4 is 5.65 Å². The number of H-pyrrole nitrogens is 1. The maximum Gasteiger partial charge on any atom is 0.272 e. The summed E-state index contributed by atoms with van der Waals surface area (Å²) in [4.78, 5) is 17.0. The summed E-state index contributed by atoms with van der Waals surface area (Å²) in [6, 6.07) is 7.29. The number of rotatable bonds is 5. The number of hydrogen-bond acceptors (Lipinski definition) is 4. The normalized spacial score (nSPS) is 11.0. The van der Waals surface area contributed by atoms with Crippen LogP contribution in [-0.2, 0) is 12.8 Å². The fourth-order valence-corrected chi connectivity index (χ4v) is 2.96. The monoisotopic (exact) mass is 327 g/mol. The molecule has 0 fully saturated rings. The molecular formula is C18H21N3O3. The molecule has 0 aliphatic heterocycles. The molecule has 0 saturated heterocycles. The highest BCUT2D eigenvalue weighted by atomic mass is 16.5. The molecule has 0 atom stereocenters. The van der Waals surface area contributed by atoms with Crippen LogP contribution in [0.3, 0.4) is 0 Å². The summed E-state index contributed by atoms with van der Waals surface area (Å²) in [5.41, 5.74) is 4.40. The van der Waals surface area contributed by atoms with Gasteiger partial charge in [0.25, 0.3) is 5.56 Å². The summed E-state index contributed by atoms with van der Waals surface area (Å²) in [6.45, 7) is 4.02. The number of methoxy groups -OCH3 is 2. The molecule has 126 valence electrons. The maximum absolute atomic E-state index is 12.3. The van der Waals surface area contributed by atoms with E-state index in [1.807, 2.05) is 25.1 Å². The molecule has 0 unspecified atom stereocenters. The minimum Gasteiger partial charge on any atom is -0.493 e. The zero-order valence-electron chi connectivity index (χ0n) is 14.3. The number of aromatic amines is 1. The van der Waals surface area contributed by atoms with Crippen molar-refractivity contribution in [3.05, 3.63) is 57.1 Å². The van der Waals surface area contributed by atoms with Gasteiger partial charge in [0, 0.05) is 23.7 Å². The first-order valence-corrected chi connectivity index (χ1v) is 7.88. The summed E-state index contributed by atoms with van der Waals surface area (Å²) in [5, 5.41) is 3.08. The van der Waals surface area contributed by atoms with Crippen LogP contribution in [0.25, 0.3) is 5.65 Å². The molecule has 0 saturated carbocycles. The first kappa shape index (κ1) is 16.1. The minimum absolute atomic E-state index is 0.0988. The van der Waals surface area contributed by atoms with Crippen molar-refractivity contribution in [1.82, 2.24) is 14.6 Å². The van der Waals surface area contributed by atoms with Crippen LogP contribution in [0.1, 0.15) is 29.4 Å². The van der Waals surface area contributed by atoms with Gasteiger partial charge in [-0.25, -0.2) is 9.50 Å². The first-order chi connectivity index (χ1) is 11.6. The smallest absolute Gasteiger partial charge is 0.272 e. The predicted molar refractivity (Wildman–Crippen MR) is 92.3 cm³/mol. The van der Waals surface area contributed by atoms with Crippen LogP contribution in [0.15, 0.2) is 29.1 Å². The van der Waals surface area contributed by atoms with Gasteiger partial charge in [-0.1, -0.05) is 13.0 Å². The Balaban J connectivity index is 2.03. The van der Waals surface area contributed by atoms with Crippen molar-refractivity contribution in [3.63, 3.8) is 0 Å². The summed E-state index contributed by atoms with van der Waals surface area (Å²) in [6.07, 6.45) is 1.38. The quantitative estimate of drug-likeness (QED) is 0.782. The largest absolute Gasteiger partial charge is 0.493 e. The third-order valence-corrected chi connectivity index (χ3v) is 4.16. The van der Waals surface area contributed by atoms with Crippen LogP contribution in [0.2, 0.25) is 0 Å². The second-order valence-electron chi connectivity index (χ2n) is 5.68. The number of nitrogens with zero attached hydrogens (tertiary/aromatic N) is 2. The summed E-state index contributed by atoms with van der Waals surface area (Å²) < 4.78 is 12.1. The Morgan fingerprint density at radius 2 is 1.92 bits per heavy atom. The second-order valence-corrected chi connectivity index (χ2v) is 5.68. The lowest BCUT2D eigenvalue weighted by atomic mass is 10.1. The molecule has 1 aromatic carbocycles. The Labute approximate surface area is 140 Å². The zero-order chi connectivity index (χ0) is 17.3. The molecule has 0 aliphatic rings. The second kappa shape index (κ2) is 6.39. The van der Waals surface area contributed by atoms with Crippen LogP contribution in [-0.4, -0.2) is 28.8 Å². The number of fused-ring (bicyclic) bond motifs is 1. The van der Waals surface area contributed by atoms with Gasteiger partial charge >= 0.3 is 0 Å². The van der Waals surface area contributed by atoms with E-state index >= 15 is 0 Å². The van der Waals surface area contributed by atoms with Gasteiger partial charge in [0.1, 0.15) is 0 Å². The fourth-order valence-electron chi connectivity index (χ4n) is 2.96. The molecule has 24 heavy (non-hydrogen) atoms. The molecule has 1 N–H and O–H groups in total.